The first kappa shape index (κ1) is 12.0. The van der Waals surface area contributed by atoms with E-state index in [0.717, 1.165) is 34.5 Å². The van der Waals surface area contributed by atoms with E-state index in [2.05, 4.69) is 43.1 Å². The van der Waals surface area contributed by atoms with Crippen LogP contribution in [0.15, 0.2) is 35.3 Å². The molecule has 0 aromatic carbocycles. The van der Waals surface area contributed by atoms with Gasteiger partial charge in [0.25, 0.3) is 0 Å². The second-order valence-electron chi connectivity index (χ2n) is 3.57. The number of nitrogens with one attached hydrogen (secondary N) is 1. The molecule has 0 saturated heterocycles. The first-order chi connectivity index (χ1) is 8.31. The number of hydrogen-bond donors (Lipinski definition) is 1. The van der Waals surface area contributed by atoms with Crippen LogP contribution in [0.4, 0.5) is 5.82 Å². The van der Waals surface area contributed by atoms with Gasteiger partial charge in [-0.3, -0.25) is 9.97 Å². The third-order valence-corrected chi connectivity index (χ3v) is 2.65. The van der Waals surface area contributed by atoms with E-state index in [4.69, 9.17) is 0 Å². The Labute approximate surface area is 109 Å². The Morgan fingerprint density at radius 3 is 2.82 bits per heavy atom. The summed E-state index contributed by atoms with van der Waals surface area (Å²) in [5, 5.41) is 3.26. The minimum absolute atomic E-state index is 0.800. The molecule has 5 heteroatoms. The van der Waals surface area contributed by atoms with Crippen molar-refractivity contribution in [2.45, 2.75) is 13.3 Å². The van der Waals surface area contributed by atoms with Crippen molar-refractivity contribution in [2.24, 2.45) is 0 Å². The first-order valence-corrected chi connectivity index (χ1v) is 6.26. The molecule has 0 spiro atoms. The van der Waals surface area contributed by atoms with Crippen molar-refractivity contribution in [3.05, 3.63) is 35.3 Å². The number of aromatic nitrogens is 3. The van der Waals surface area contributed by atoms with E-state index < -0.39 is 0 Å². The third-order valence-electron chi connectivity index (χ3n) is 2.22. The highest BCUT2D eigenvalue weighted by Gasteiger charge is 2.07. The average Bonchev–Trinajstić information content (AvgIpc) is 2.37. The summed E-state index contributed by atoms with van der Waals surface area (Å²) in [5.74, 6) is 0.800. The molecule has 0 radical (unpaired) electrons. The molecule has 2 rings (SSSR count). The zero-order valence-corrected chi connectivity index (χ0v) is 11.1. The Morgan fingerprint density at radius 1 is 1.24 bits per heavy atom. The maximum Gasteiger partial charge on any atom is 0.152 e. The maximum atomic E-state index is 4.36. The van der Waals surface area contributed by atoms with Crippen molar-refractivity contribution in [1.82, 2.24) is 15.0 Å². The minimum atomic E-state index is 0.800. The highest BCUT2D eigenvalue weighted by molar-refractivity contribution is 9.10. The van der Waals surface area contributed by atoms with Gasteiger partial charge in [-0.05, 0) is 28.4 Å². The molecule has 0 aliphatic carbocycles. The molecule has 1 N–H and O–H groups in total. The zero-order chi connectivity index (χ0) is 12.1. The molecule has 88 valence electrons. The van der Waals surface area contributed by atoms with E-state index in [1.165, 1.54) is 0 Å². The molecule has 0 amide bonds. The fraction of sp³-hybridized carbons (Fsp3) is 0.250. The van der Waals surface area contributed by atoms with Gasteiger partial charge in [0.2, 0.25) is 0 Å². The summed E-state index contributed by atoms with van der Waals surface area (Å²) in [6, 6.07) is 1.98. The number of anilines is 1. The molecule has 0 aliphatic rings. The molecule has 4 nitrogen and oxygen atoms in total. The average molecular weight is 293 g/mol. The van der Waals surface area contributed by atoms with Crippen molar-refractivity contribution >= 4 is 21.7 Å². The van der Waals surface area contributed by atoms with E-state index in [9.17, 15) is 0 Å². The SMILES string of the molecule is CCCNc1nccnc1-c1cncc(Br)c1. The molecule has 17 heavy (non-hydrogen) atoms. The van der Waals surface area contributed by atoms with Crippen LogP contribution in [0.25, 0.3) is 11.3 Å². The molecule has 2 heterocycles. The predicted molar refractivity (Wildman–Crippen MR) is 71.7 cm³/mol. The van der Waals surface area contributed by atoms with E-state index >= 15 is 0 Å². The summed E-state index contributed by atoms with van der Waals surface area (Å²) >= 11 is 3.41. The van der Waals surface area contributed by atoms with Crippen molar-refractivity contribution in [3.63, 3.8) is 0 Å². The standard InChI is InChI=1S/C12H13BrN4/c1-2-3-16-12-11(15-4-5-17-12)9-6-10(13)8-14-7-9/h4-8H,2-3H2,1H3,(H,16,17). The molecule has 2 aromatic rings. The maximum absolute atomic E-state index is 4.36. The quantitative estimate of drug-likeness (QED) is 0.941. The smallest absolute Gasteiger partial charge is 0.152 e. The third kappa shape index (κ3) is 3.00. The summed E-state index contributed by atoms with van der Waals surface area (Å²) in [5.41, 5.74) is 1.78. The van der Waals surface area contributed by atoms with Crippen molar-refractivity contribution in [1.29, 1.82) is 0 Å². The topological polar surface area (TPSA) is 50.7 Å². The largest absolute Gasteiger partial charge is 0.368 e. The van der Waals surface area contributed by atoms with Crippen LogP contribution in [0.2, 0.25) is 0 Å². The Hall–Kier alpha value is -1.49. The van der Waals surface area contributed by atoms with E-state index in [0.29, 0.717) is 0 Å². The normalized spacial score (nSPS) is 10.2. The Balaban J connectivity index is 2.37. The molecule has 0 saturated carbocycles. The minimum Gasteiger partial charge on any atom is -0.368 e. The lowest BCUT2D eigenvalue weighted by atomic mass is 10.2. The van der Waals surface area contributed by atoms with Gasteiger partial charge < -0.3 is 5.32 Å². The zero-order valence-electron chi connectivity index (χ0n) is 9.52. The van der Waals surface area contributed by atoms with Crippen LogP contribution in [0.5, 0.6) is 0 Å². The summed E-state index contributed by atoms with van der Waals surface area (Å²) < 4.78 is 0.932. The first-order valence-electron chi connectivity index (χ1n) is 5.47. The fourth-order valence-corrected chi connectivity index (χ4v) is 1.83. The van der Waals surface area contributed by atoms with Crippen LogP contribution in [0.1, 0.15) is 13.3 Å². The van der Waals surface area contributed by atoms with Crippen LogP contribution in [0, 0.1) is 0 Å². The highest BCUT2D eigenvalue weighted by Crippen LogP contribution is 2.24. The Morgan fingerprint density at radius 2 is 2.06 bits per heavy atom. The Bertz CT molecular complexity index is 501. The second-order valence-corrected chi connectivity index (χ2v) is 4.49. The lowest BCUT2D eigenvalue weighted by Gasteiger charge is -2.08. The van der Waals surface area contributed by atoms with Gasteiger partial charge in [0.05, 0.1) is 0 Å². The molecule has 0 aliphatic heterocycles. The van der Waals surface area contributed by atoms with Crippen molar-refractivity contribution in [3.8, 4) is 11.3 Å². The van der Waals surface area contributed by atoms with Crippen molar-refractivity contribution < 1.29 is 0 Å². The molecule has 0 bridgehead atoms. The molecule has 0 atom stereocenters. The molecule has 2 aromatic heterocycles. The summed E-state index contributed by atoms with van der Waals surface area (Å²) in [7, 11) is 0. The van der Waals surface area contributed by atoms with Gasteiger partial charge in [-0.1, -0.05) is 6.92 Å². The fourth-order valence-electron chi connectivity index (χ4n) is 1.46. The van der Waals surface area contributed by atoms with Crippen molar-refractivity contribution in [2.75, 3.05) is 11.9 Å². The summed E-state index contributed by atoms with van der Waals surface area (Å²) in [4.78, 5) is 12.8. The van der Waals surface area contributed by atoms with Crippen LogP contribution in [-0.4, -0.2) is 21.5 Å². The number of hydrogen-bond acceptors (Lipinski definition) is 4. The lowest BCUT2D eigenvalue weighted by molar-refractivity contribution is 0.965. The molecule has 0 fully saturated rings. The number of nitrogens with zero attached hydrogens (tertiary/aromatic N) is 3. The van der Waals surface area contributed by atoms with Gasteiger partial charge in [-0.15, -0.1) is 0 Å². The van der Waals surface area contributed by atoms with Gasteiger partial charge in [-0.2, -0.15) is 0 Å². The van der Waals surface area contributed by atoms with Crippen LogP contribution in [-0.2, 0) is 0 Å². The number of rotatable bonds is 4. The summed E-state index contributed by atoms with van der Waals surface area (Å²) in [6.07, 6.45) is 7.96. The number of halogens is 1. The van der Waals surface area contributed by atoms with E-state index in [-0.39, 0.29) is 0 Å². The Kier molecular flexibility index (Phi) is 4.03. The second kappa shape index (κ2) is 5.72. The van der Waals surface area contributed by atoms with E-state index in [1.54, 1.807) is 24.8 Å². The van der Waals surface area contributed by atoms with Gasteiger partial charge >= 0.3 is 0 Å². The van der Waals surface area contributed by atoms with Crippen LogP contribution in [0.3, 0.4) is 0 Å². The molecular weight excluding hydrogens is 280 g/mol. The van der Waals surface area contributed by atoms with Crippen LogP contribution >= 0.6 is 15.9 Å². The van der Waals surface area contributed by atoms with Gasteiger partial charge in [0, 0.05) is 41.4 Å². The molecule has 0 unspecified atom stereocenters. The number of pyridine rings is 1. The van der Waals surface area contributed by atoms with Gasteiger partial charge in [0.1, 0.15) is 5.69 Å². The lowest BCUT2D eigenvalue weighted by Crippen LogP contribution is -2.04. The van der Waals surface area contributed by atoms with Gasteiger partial charge in [-0.25, -0.2) is 4.98 Å². The van der Waals surface area contributed by atoms with Crippen LogP contribution < -0.4 is 5.32 Å². The highest BCUT2D eigenvalue weighted by atomic mass is 79.9. The monoisotopic (exact) mass is 292 g/mol. The predicted octanol–water partition coefficient (Wildman–Crippen LogP) is 3.12. The van der Waals surface area contributed by atoms with Gasteiger partial charge in [0.15, 0.2) is 5.82 Å². The molecular formula is C12H13BrN4. The van der Waals surface area contributed by atoms with E-state index in [1.807, 2.05) is 6.07 Å². The summed E-state index contributed by atoms with van der Waals surface area (Å²) in [6.45, 7) is 3.00.